The van der Waals surface area contributed by atoms with Crippen molar-refractivity contribution in [2.24, 2.45) is 17.3 Å². The van der Waals surface area contributed by atoms with Crippen LogP contribution in [-0.4, -0.2) is 64.7 Å². The summed E-state index contributed by atoms with van der Waals surface area (Å²) >= 11 is 0. The predicted octanol–water partition coefficient (Wildman–Crippen LogP) is 5.31. The third-order valence-corrected chi connectivity index (χ3v) is 9.64. The molecule has 2 unspecified atom stereocenters. The molecule has 1 aromatic heterocycles. The number of ether oxygens (including phenoxy) is 2. The Morgan fingerprint density at radius 1 is 1.26 bits per heavy atom. The summed E-state index contributed by atoms with van der Waals surface area (Å²) in [6.45, 7) is 14.6. The summed E-state index contributed by atoms with van der Waals surface area (Å²) in [7, 11) is 0. The highest BCUT2D eigenvalue weighted by molar-refractivity contribution is 5.93. The number of carbonyl (C=O) groups is 3. The molecule has 6 atom stereocenters. The van der Waals surface area contributed by atoms with Crippen LogP contribution in [0.15, 0.2) is 24.4 Å². The van der Waals surface area contributed by atoms with Crippen molar-refractivity contribution in [3.63, 3.8) is 0 Å². The van der Waals surface area contributed by atoms with Gasteiger partial charge in [-0.3, -0.25) is 9.59 Å². The molecule has 9 nitrogen and oxygen atoms in total. The van der Waals surface area contributed by atoms with E-state index in [-0.39, 0.29) is 36.4 Å². The van der Waals surface area contributed by atoms with Gasteiger partial charge >= 0.3 is 6.09 Å². The van der Waals surface area contributed by atoms with Gasteiger partial charge in [0.2, 0.25) is 17.7 Å². The van der Waals surface area contributed by atoms with Crippen molar-refractivity contribution in [1.82, 2.24) is 20.5 Å². The minimum absolute atomic E-state index is 0.165. The number of fused-ring (bicyclic) bond motifs is 3. The van der Waals surface area contributed by atoms with Gasteiger partial charge in [0.25, 0.3) is 0 Å². The van der Waals surface area contributed by atoms with Crippen molar-refractivity contribution in [3.8, 4) is 5.88 Å². The molecule has 2 fully saturated rings. The Labute approximate surface area is 255 Å². The van der Waals surface area contributed by atoms with Crippen molar-refractivity contribution >= 4 is 28.7 Å². The van der Waals surface area contributed by atoms with E-state index in [2.05, 4.69) is 55.4 Å². The van der Waals surface area contributed by atoms with E-state index < -0.39 is 29.7 Å². The third kappa shape index (κ3) is 6.75. The summed E-state index contributed by atoms with van der Waals surface area (Å²) in [5, 5.41) is 8.06. The number of aromatic nitrogens is 1. The minimum atomic E-state index is -0.885. The van der Waals surface area contributed by atoms with Crippen LogP contribution in [0.5, 0.6) is 5.88 Å². The van der Waals surface area contributed by atoms with Gasteiger partial charge in [-0.05, 0) is 85.4 Å². The average Bonchev–Trinajstić information content (AvgIpc) is 3.39. The van der Waals surface area contributed by atoms with Crippen molar-refractivity contribution in [1.29, 1.82) is 0 Å². The Kier molecular flexibility index (Phi) is 8.65. The van der Waals surface area contributed by atoms with E-state index in [0.717, 1.165) is 42.9 Å². The van der Waals surface area contributed by atoms with Crippen LogP contribution in [0.1, 0.15) is 84.8 Å². The van der Waals surface area contributed by atoms with Gasteiger partial charge in [-0.2, -0.15) is 0 Å². The lowest BCUT2D eigenvalue weighted by Crippen LogP contribution is -2.58. The molecule has 0 radical (unpaired) electrons. The Morgan fingerprint density at radius 3 is 2.72 bits per heavy atom. The zero-order valence-corrected chi connectivity index (χ0v) is 26.8. The maximum Gasteiger partial charge on any atom is 0.407 e. The number of rotatable bonds is 3. The van der Waals surface area contributed by atoms with Gasteiger partial charge in [0.15, 0.2) is 0 Å². The van der Waals surface area contributed by atoms with E-state index in [0.29, 0.717) is 18.2 Å². The SMILES string of the molecule is CCC1CC1(C)NC(=O)[C@@H]1C[C@@H]2CN1C(=O)[C@H](C(C)(C)C)NC(=O)OC[C@@H](C)CCCc1cc3c(nccc3cc1C)O2. The lowest BCUT2D eigenvalue weighted by molar-refractivity contribution is -0.142. The molecule has 3 amide bonds. The fourth-order valence-corrected chi connectivity index (χ4v) is 6.73. The highest BCUT2D eigenvalue weighted by Gasteiger charge is 2.52. The number of benzene rings is 1. The number of alkyl carbamates (subject to hydrolysis) is 1. The first-order valence-electron chi connectivity index (χ1n) is 15.9. The number of nitrogens with zero attached hydrogens (tertiary/aromatic N) is 2. The van der Waals surface area contributed by atoms with Gasteiger partial charge in [-0.1, -0.05) is 47.1 Å². The second kappa shape index (κ2) is 12.0. The number of hydrogen-bond donors (Lipinski definition) is 2. The molecule has 43 heavy (non-hydrogen) atoms. The van der Waals surface area contributed by atoms with Gasteiger partial charge in [0.05, 0.1) is 13.2 Å². The molecule has 5 rings (SSSR count). The highest BCUT2D eigenvalue weighted by Crippen LogP contribution is 2.45. The van der Waals surface area contributed by atoms with E-state index in [9.17, 15) is 14.4 Å². The Balaban J connectivity index is 1.51. The molecule has 4 bridgehead atoms. The molecule has 3 heterocycles. The molecule has 1 saturated carbocycles. The first-order valence-corrected chi connectivity index (χ1v) is 15.9. The minimum Gasteiger partial charge on any atom is -0.472 e. The van der Waals surface area contributed by atoms with Crippen molar-refractivity contribution in [2.45, 2.75) is 111 Å². The third-order valence-electron chi connectivity index (χ3n) is 9.64. The summed E-state index contributed by atoms with van der Waals surface area (Å²) in [5.74, 6) is 0.604. The molecule has 3 aliphatic rings. The molecule has 234 valence electrons. The van der Waals surface area contributed by atoms with Crippen LogP contribution in [-0.2, 0) is 20.7 Å². The molecular weight excluding hydrogens is 544 g/mol. The van der Waals surface area contributed by atoms with Crippen LogP contribution >= 0.6 is 0 Å². The Bertz CT molecular complexity index is 1390. The lowest BCUT2D eigenvalue weighted by atomic mass is 9.85. The Hall–Kier alpha value is -3.36. The molecular formula is C34H48N4O5. The zero-order valence-electron chi connectivity index (χ0n) is 26.8. The quantitative estimate of drug-likeness (QED) is 0.500. The number of aryl methyl sites for hydroxylation is 2. The average molecular weight is 593 g/mol. The van der Waals surface area contributed by atoms with Gasteiger partial charge in [-0.25, -0.2) is 9.78 Å². The van der Waals surface area contributed by atoms with Crippen LogP contribution in [0, 0.1) is 24.2 Å². The smallest absolute Gasteiger partial charge is 0.407 e. The molecule has 0 spiro atoms. The van der Waals surface area contributed by atoms with Crippen LogP contribution < -0.4 is 15.4 Å². The molecule has 1 aromatic carbocycles. The first kappa shape index (κ1) is 31.1. The van der Waals surface area contributed by atoms with Gasteiger partial charge in [0.1, 0.15) is 18.2 Å². The normalized spacial score (nSPS) is 30.2. The highest BCUT2D eigenvalue weighted by atomic mass is 16.5. The van der Waals surface area contributed by atoms with E-state index >= 15 is 0 Å². The summed E-state index contributed by atoms with van der Waals surface area (Å²) in [6, 6.07) is 4.71. The van der Waals surface area contributed by atoms with Crippen LogP contribution in [0.4, 0.5) is 4.79 Å². The van der Waals surface area contributed by atoms with E-state index in [1.54, 1.807) is 11.1 Å². The molecule has 2 aromatic rings. The maximum atomic E-state index is 14.2. The number of cyclic esters (lactones) is 1. The predicted molar refractivity (Wildman–Crippen MR) is 166 cm³/mol. The zero-order chi connectivity index (χ0) is 31.1. The van der Waals surface area contributed by atoms with Crippen LogP contribution in [0.3, 0.4) is 0 Å². The summed E-state index contributed by atoms with van der Waals surface area (Å²) < 4.78 is 12.1. The number of amides is 3. The fourth-order valence-electron chi connectivity index (χ4n) is 6.73. The molecule has 9 heteroatoms. The van der Waals surface area contributed by atoms with E-state index in [1.165, 1.54) is 11.1 Å². The second-order valence-electron chi connectivity index (χ2n) is 14.4. The largest absolute Gasteiger partial charge is 0.472 e. The van der Waals surface area contributed by atoms with Crippen LogP contribution in [0.2, 0.25) is 0 Å². The van der Waals surface area contributed by atoms with Crippen LogP contribution in [0.25, 0.3) is 10.8 Å². The second-order valence-corrected chi connectivity index (χ2v) is 14.4. The number of carbonyl (C=O) groups excluding carboxylic acids is 3. The molecule has 2 N–H and O–H groups in total. The summed E-state index contributed by atoms with van der Waals surface area (Å²) in [5.41, 5.74) is 1.56. The summed E-state index contributed by atoms with van der Waals surface area (Å²) in [4.78, 5) is 47.2. The van der Waals surface area contributed by atoms with Crippen molar-refractivity contribution < 1.29 is 23.9 Å². The topological polar surface area (TPSA) is 110 Å². The molecule has 2 aliphatic heterocycles. The number of nitrogens with one attached hydrogen (secondary N) is 2. The van der Waals surface area contributed by atoms with Gasteiger partial charge in [-0.15, -0.1) is 0 Å². The Morgan fingerprint density at radius 2 is 2.02 bits per heavy atom. The standard InChI is InChI=1S/C34H48N4O5/c1-8-24-17-34(24,7)37-29(39)27-16-25-18-38(27)31(40)28(33(4,5)6)36-32(41)42-19-20(2)10-9-11-22-15-26-23(14-21(22)3)12-13-35-30(26)43-25/h12-15,20,24-25,27-28H,8-11,16-19H2,1-7H3,(H,36,41)(H,37,39)/t20-,24?,25+,27-,28+,34?/m0/s1. The van der Waals surface area contributed by atoms with Crippen molar-refractivity contribution in [3.05, 3.63) is 35.5 Å². The lowest BCUT2D eigenvalue weighted by Gasteiger charge is -2.35. The number of pyridine rings is 1. The van der Waals surface area contributed by atoms with E-state index in [1.807, 2.05) is 26.8 Å². The van der Waals surface area contributed by atoms with Gasteiger partial charge < -0.3 is 25.0 Å². The maximum absolute atomic E-state index is 14.2. The van der Waals surface area contributed by atoms with Crippen molar-refractivity contribution in [2.75, 3.05) is 13.2 Å². The van der Waals surface area contributed by atoms with E-state index in [4.69, 9.17) is 9.47 Å². The molecule has 1 saturated heterocycles. The molecule has 1 aliphatic carbocycles. The summed E-state index contributed by atoms with van der Waals surface area (Å²) in [6.07, 6.45) is 5.67. The first-order chi connectivity index (χ1) is 20.3. The number of hydrogen-bond acceptors (Lipinski definition) is 6. The van der Waals surface area contributed by atoms with Gasteiger partial charge in [0, 0.05) is 23.5 Å². The fraction of sp³-hybridized carbons (Fsp3) is 0.647. The monoisotopic (exact) mass is 592 g/mol.